The van der Waals surface area contributed by atoms with Gasteiger partial charge in [0.05, 0.1) is 6.10 Å². The van der Waals surface area contributed by atoms with E-state index in [4.69, 9.17) is 4.74 Å². The fourth-order valence-corrected chi connectivity index (χ4v) is 1.44. The molecule has 0 rings (SSSR count). The highest BCUT2D eigenvalue weighted by Crippen LogP contribution is 2.10. The van der Waals surface area contributed by atoms with Gasteiger partial charge in [0.1, 0.15) is 0 Å². The largest absolute Gasteiger partial charge is 0.379 e. The highest BCUT2D eigenvalue weighted by Gasteiger charge is 2.03. The molecule has 1 heteroatoms. The Morgan fingerprint density at radius 3 is 2.25 bits per heavy atom. The first kappa shape index (κ1) is 12.0. The van der Waals surface area contributed by atoms with Crippen molar-refractivity contribution < 1.29 is 4.74 Å². The molecule has 0 fully saturated rings. The maximum Gasteiger partial charge on any atom is 0.0572 e. The Morgan fingerprint density at radius 1 is 1.00 bits per heavy atom. The molecule has 0 saturated carbocycles. The van der Waals surface area contributed by atoms with Crippen LogP contribution in [0.5, 0.6) is 0 Å². The number of ether oxygens (including phenoxy) is 1. The summed E-state index contributed by atoms with van der Waals surface area (Å²) in [5.74, 6) is 0. The predicted octanol–water partition coefficient (Wildman–Crippen LogP) is 3.77. The summed E-state index contributed by atoms with van der Waals surface area (Å²) in [6.45, 7) is 7.40. The number of hydrogen-bond donors (Lipinski definition) is 0. The van der Waals surface area contributed by atoms with E-state index in [-0.39, 0.29) is 0 Å². The van der Waals surface area contributed by atoms with Crippen molar-refractivity contribution in [1.29, 1.82) is 0 Å². The Labute approximate surface area is 77.5 Å². The van der Waals surface area contributed by atoms with Crippen molar-refractivity contribution in [3.8, 4) is 0 Å². The molecule has 0 aliphatic carbocycles. The monoisotopic (exact) mass is 172 g/mol. The summed E-state index contributed by atoms with van der Waals surface area (Å²) in [4.78, 5) is 0. The predicted molar refractivity (Wildman–Crippen MR) is 54.5 cm³/mol. The van der Waals surface area contributed by atoms with Crippen LogP contribution in [0.4, 0.5) is 0 Å². The van der Waals surface area contributed by atoms with E-state index in [1.165, 1.54) is 38.5 Å². The second-order valence-corrected chi connectivity index (χ2v) is 3.33. The van der Waals surface area contributed by atoms with Gasteiger partial charge >= 0.3 is 0 Å². The van der Waals surface area contributed by atoms with Crippen molar-refractivity contribution in [1.82, 2.24) is 0 Å². The molecule has 0 amide bonds. The average Bonchev–Trinajstić information content (AvgIpc) is 2.10. The molecule has 0 N–H and O–H groups in total. The van der Waals surface area contributed by atoms with Crippen LogP contribution < -0.4 is 0 Å². The molecule has 1 nitrogen and oxygen atoms in total. The third kappa shape index (κ3) is 6.66. The molecule has 0 saturated heterocycles. The zero-order chi connectivity index (χ0) is 9.23. The molecule has 0 aliphatic heterocycles. The summed E-state index contributed by atoms with van der Waals surface area (Å²) < 4.78 is 5.57. The van der Waals surface area contributed by atoms with Gasteiger partial charge in [0, 0.05) is 6.61 Å². The molecule has 12 heavy (non-hydrogen) atoms. The van der Waals surface area contributed by atoms with Crippen molar-refractivity contribution in [2.45, 2.75) is 65.4 Å². The lowest BCUT2D eigenvalue weighted by molar-refractivity contribution is 0.0523. The third-order valence-electron chi connectivity index (χ3n) is 2.24. The fraction of sp³-hybridized carbons (Fsp3) is 1.00. The molecule has 1 atom stereocenters. The van der Waals surface area contributed by atoms with Gasteiger partial charge in [-0.2, -0.15) is 0 Å². The lowest BCUT2D eigenvalue weighted by atomic mass is 10.1. The number of rotatable bonds is 8. The van der Waals surface area contributed by atoms with Crippen molar-refractivity contribution >= 4 is 0 Å². The Morgan fingerprint density at radius 2 is 1.75 bits per heavy atom. The first-order valence-electron chi connectivity index (χ1n) is 5.46. The normalized spacial score (nSPS) is 13.2. The van der Waals surface area contributed by atoms with E-state index in [1.54, 1.807) is 0 Å². The molecule has 0 heterocycles. The smallest absolute Gasteiger partial charge is 0.0572 e. The van der Waals surface area contributed by atoms with Gasteiger partial charge in [-0.25, -0.2) is 0 Å². The minimum absolute atomic E-state index is 0.520. The van der Waals surface area contributed by atoms with Gasteiger partial charge in [-0.1, -0.05) is 39.5 Å². The zero-order valence-corrected chi connectivity index (χ0v) is 8.94. The van der Waals surface area contributed by atoms with Crippen LogP contribution in [0.1, 0.15) is 59.3 Å². The molecule has 74 valence electrons. The summed E-state index contributed by atoms with van der Waals surface area (Å²) in [7, 11) is 0. The molecule has 0 aliphatic rings. The van der Waals surface area contributed by atoms with Crippen LogP contribution in [-0.4, -0.2) is 12.7 Å². The van der Waals surface area contributed by atoms with Gasteiger partial charge in [-0.15, -0.1) is 0 Å². The van der Waals surface area contributed by atoms with Crippen molar-refractivity contribution in [3.05, 3.63) is 0 Å². The van der Waals surface area contributed by atoms with Gasteiger partial charge in [-0.05, 0) is 19.8 Å². The maximum absolute atomic E-state index is 5.57. The van der Waals surface area contributed by atoms with Gasteiger partial charge in [-0.3, -0.25) is 0 Å². The van der Waals surface area contributed by atoms with E-state index in [2.05, 4.69) is 20.8 Å². The Kier molecular flexibility index (Phi) is 9.02. The molecule has 0 radical (unpaired) electrons. The summed E-state index contributed by atoms with van der Waals surface area (Å²) in [6, 6.07) is 0. The van der Waals surface area contributed by atoms with E-state index < -0.39 is 0 Å². The molecule has 0 spiro atoms. The van der Waals surface area contributed by atoms with Gasteiger partial charge in [0.15, 0.2) is 0 Å². The van der Waals surface area contributed by atoms with Crippen molar-refractivity contribution in [2.75, 3.05) is 6.61 Å². The fourth-order valence-electron chi connectivity index (χ4n) is 1.44. The Hall–Kier alpha value is -0.0400. The van der Waals surface area contributed by atoms with Crippen LogP contribution in [0.25, 0.3) is 0 Å². The van der Waals surface area contributed by atoms with E-state index in [0.717, 1.165) is 6.61 Å². The van der Waals surface area contributed by atoms with Crippen LogP contribution in [0.3, 0.4) is 0 Å². The summed E-state index contributed by atoms with van der Waals surface area (Å²) in [5, 5.41) is 0. The minimum Gasteiger partial charge on any atom is -0.379 e. The lowest BCUT2D eigenvalue weighted by Gasteiger charge is -2.14. The van der Waals surface area contributed by atoms with Gasteiger partial charge in [0.25, 0.3) is 0 Å². The van der Waals surface area contributed by atoms with Gasteiger partial charge in [0.2, 0.25) is 0 Å². The first-order valence-corrected chi connectivity index (χ1v) is 5.46. The average molecular weight is 172 g/mol. The van der Waals surface area contributed by atoms with Crippen LogP contribution >= 0.6 is 0 Å². The topological polar surface area (TPSA) is 9.23 Å². The second kappa shape index (κ2) is 9.05. The van der Waals surface area contributed by atoms with Crippen molar-refractivity contribution in [2.24, 2.45) is 0 Å². The molecular formula is C11H24O. The first-order chi connectivity index (χ1) is 5.85. The van der Waals surface area contributed by atoms with Crippen LogP contribution in [-0.2, 0) is 4.74 Å². The molecule has 0 aromatic carbocycles. The summed E-state index contributed by atoms with van der Waals surface area (Å²) >= 11 is 0. The highest BCUT2D eigenvalue weighted by molar-refractivity contribution is 4.55. The summed E-state index contributed by atoms with van der Waals surface area (Å²) in [6.07, 6.45) is 8.36. The molecule has 0 aromatic heterocycles. The SMILES string of the molecule is CCCCCCC(CC)OCC. The minimum atomic E-state index is 0.520. The zero-order valence-electron chi connectivity index (χ0n) is 8.94. The van der Waals surface area contributed by atoms with E-state index in [0.29, 0.717) is 6.10 Å². The standard InChI is InChI=1S/C11H24O/c1-4-7-8-9-10-11(5-2)12-6-3/h11H,4-10H2,1-3H3. The van der Waals surface area contributed by atoms with E-state index >= 15 is 0 Å². The number of hydrogen-bond acceptors (Lipinski definition) is 1. The Bertz CT molecular complexity index is 81.1. The Balaban J connectivity index is 3.19. The van der Waals surface area contributed by atoms with E-state index in [1.807, 2.05) is 0 Å². The number of unbranched alkanes of at least 4 members (excludes halogenated alkanes) is 3. The molecule has 0 aromatic rings. The van der Waals surface area contributed by atoms with E-state index in [9.17, 15) is 0 Å². The highest BCUT2D eigenvalue weighted by atomic mass is 16.5. The summed E-state index contributed by atoms with van der Waals surface area (Å²) in [5.41, 5.74) is 0. The van der Waals surface area contributed by atoms with Crippen LogP contribution in [0.2, 0.25) is 0 Å². The van der Waals surface area contributed by atoms with Crippen molar-refractivity contribution in [3.63, 3.8) is 0 Å². The molecule has 1 unspecified atom stereocenters. The second-order valence-electron chi connectivity index (χ2n) is 3.33. The lowest BCUT2D eigenvalue weighted by Crippen LogP contribution is -2.11. The quantitative estimate of drug-likeness (QED) is 0.506. The van der Waals surface area contributed by atoms with Gasteiger partial charge < -0.3 is 4.74 Å². The van der Waals surface area contributed by atoms with Crippen LogP contribution in [0.15, 0.2) is 0 Å². The third-order valence-corrected chi connectivity index (χ3v) is 2.24. The maximum atomic E-state index is 5.57. The molecular weight excluding hydrogens is 148 g/mol. The van der Waals surface area contributed by atoms with Crippen LogP contribution in [0, 0.1) is 0 Å². The molecule has 0 bridgehead atoms.